The molecule has 1 N–H and O–H groups in total. The van der Waals surface area contributed by atoms with E-state index in [9.17, 15) is 0 Å². The van der Waals surface area contributed by atoms with Gasteiger partial charge in [0.2, 0.25) is 0 Å². The van der Waals surface area contributed by atoms with Crippen molar-refractivity contribution in [2.75, 3.05) is 33.4 Å². The molecule has 2 aliphatic rings. The predicted molar refractivity (Wildman–Crippen MR) is 71.3 cm³/mol. The Hall–Kier alpha value is -0.120. The number of rotatable bonds is 8. The molecule has 1 atom stereocenters. The van der Waals surface area contributed by atoms with Gasteiger partial charge in [0.1, 0.15) is 0 Å². The van der Waals surface area contributed by atoms with Crippen LogP contribution in [0, 0.1) is 0 Å². The van der Waals surface area contributed by atoms with Gasteiger partial charge in [0, 0.05) is 32.3 Å². The van der Waals surface area contributed by atoms with Crippen molar-refractivity contribution in [2.24, 2.45) is 0 Å². The summed E-state index contributed by atoms with van der Waals surface area (Å²) in [6, 6.07) is 1.66. The van der Waals surface area contributed by atoms with E-state index in [4.69, 9.17) is 4.74 Å². The highest BCUT2D eigenvalue weighted by Gasteiger charge is 2.30. The van der Waals surface area contributed by atoms with E-state index < -0.39 is 0 Å². The van der Waals surface area contributed by atoms with Crippen molar-refractivity contribution < 1.29 is 4.74 Å². The molecule has 3 nitrogen and oxygen atoms in total. The third-order valence-electron chi connectivity index (χ3n) is 3.97. The molecule has 17 heavy (non-hydrogen) atoms. The van der Waals surface area contributed by atoms with Crippen LogP contribution in [0.5, 0.6) is 0 Å². The summed E-state index contributed by atoms with van der Waals surface area (Å²) < 4.78 is 5.12. The molecule has 0 aromatic carbocycles. The van der Waals surface area contributed by atoms with Gasteiger partial charge in [-0.3, -0.25) is 4.90 Å². The smallest absolute Gasteiger partial charge is 0.0462 e. The number of hydrogen-bond acceptors (Lipinski definition) is 3. The molecule has 0 spiro atoms. The lowest BCUT2D eigenvalue weighted by atomic mass is 10.0. The highest BCUT2D eigenvalue weighted by atomic mass is 16.5. The van der Waals surface area contributed by atoms with Crippen LogP contribution >= 0.6 is 0 Å². The molecule has 1 aliphatic heterocycles. The van der Waals surface area contributed by atoms with Gasteiger partial charge in [-0.1, -0.05) is 6.42 Å². The molecule has 0 radical (unpaired) electrons. The van der Waals surface area contributed by atoms with Crippen LogP contribution in [0.2, 0.25) is 0 Å². The molecule has 0 bridgehead atoms. The summed E-state index contributed by atoms with van der Waals surface area (Å²) in [6.07, 6.45) is 9.51. The molecule has 100 valence electrons. The Morgan fingerprint density at radius 1 is 1.18 bits per heavy atom. The molecular weight excluding hydrogens is 212 g/mol. The summed E-state index contributed by atoms with van der Waals surface area (Å²) in [5.41, 5.74) is 0. The van der Waals surface area contributed by atoms with Crippen molar-refractivity contribution in [3.63, 3.8) is 0 Å². The largest absolute Gasteiger partial charge is 0.385 e. The number of nitrogens with zero attached hydrogens (tertiary/aromatic N) is 1. The Labute approximate surface area is 106 Å². The number of piperidine rings is 1. The minimum atomic E-state index is 0.756. The lowest BCUT2D eigenvalue weighted by Crippen LogP contribution is -2.44. The standard InChI is InChI=1S/C14H28N2O/c1-17-11-5-4-10-16(14-7-8-14)12-13-6-2-3-9-15-13/h13-15H,2-12H2,1H3. The number of nitrogens with one attached hydrogen (secondary N) is 1. The molecule has 0 aromatic heterocycles. The summed E-state index contributed by atoms with van der Waals surface area (Å²) in [7, 11) is 1.80. The first kappa shape index (κ1) is 13.3. The predicted octanol–water partition coefficient (Wildman–Crippen LogP) is 2.02. The van der Waals surface area contributed by atoms with Crippen LogP contribution in [0.25, 0.3) is 0 Å². The first-order chi connectivity index (χ1) is 8.40. The molecular formula is C14H28N2O. The SMILES string of the molecule is COCCCCN(CC1CCCCN1)C1CC1. The Kier molecular flexibility index (Phi) is 5.75. The van der Waals surface area contributed by atoms with Crippen LogP contribution in [0.1, 0.15) is 44.9 Å². The van der Waals surface area contributed by atoms with Gasteiger partial charge in [-0.25, -0.2) is 0 Å². The van der Waals surface area contributed by atoms with Crippen LogP contribution in [-0.4, -0.2) is 50.3 Å². The maximum Gasteiger partial charge on any atom is 0.0462 e. The third kappa shape index (κ3) is 4.94. The normalized spacial score (nSPS) is 25.4. The first-order valence-corrected chi connectivity index (χ1v) is 7.36. The van der Waals surface area contributed by atoms with Crippen LogP contribution in [-0.2, 0) is 4.74 Å². The van der Waals surface area contributed by atoms with Gasteiger partial charge < -0.3 is 10.1 Å². The maximum absolute atomic E-state index is 5.12. The Morgan fingerprint density at radius 2 is 2.06 bits per heavy atom. The highest BCUT2D eigenvalue weighted by Crippen LogP contribution is 2.27. The second kappa shape index (κ2) is 7.34. The Morgan fingerprint density at radius 3 is 2.71 bits per heavy atom. The molecule has 3 heteroatoms. The highest BCUT2D eigenvalue weighted by molar-refractivity contribution is 4.87. The molecule has 1 heterocycles. The zero-order valence-corrected chi connectivity index (χ0v) is 11.3. The average molecular weight is 240 g/mol. The van der Waals surface area contributed by atoms with E-state index in [0.29, 0.717) is 0 Å². The lowest BCUT2D eigenvalue weighted by molar-refractivity contribution is 0.175. The van der Waals surface area contributed by atoms with Crippen LogP contribution in [0.4, 0.5) is 0 Å². The van der Waals surface area contributed by atoms with Crippen molar-refractivity contribution in [1.82, 2.24) is 10.2 Å². The molecule has 0 aromatic rings. The molecule has 1 saturated heterocycles. The van der Waals surface area contributed by atoms with E-state index in [1.54, 1.807) is 7.11 Å². The van der Waals surface area contributed by atoms with E-state index in [1.165, 1.54) is 64.6 Å². The van der Waals surface area contributed by atoms with Gasteiger partial charge in [-0.05, 0) is 51.6 Å². The molecule has 1 saturated carbocycles. The topological polar surface area (TPSA) is 24.5 Å². The third-order valence-corrected chi connectivity index (χ3v) is 3.97. The summed E-state index contributed by atoms with van der Waals surface area (Å²) >= 11 is 0. The van der Waals surface area contributed by atoms with Gasteiger partial charge in [0.05, 0.1) is 0 Å². The number of hydrogen-bond donors (Lipinski definition) is 1. The quantitative estimate of drug-likeness (QED) is 0.657. The summed E-state index contributed by atoms with van der Waals surface area (Å²) in [6.45, 7) is 4.69. The summed E-state index contributed by atoms with van der Waals surface area (Å²) in [5.74, 6) is 0. The van der Waals surface area contributed by atoms with Crippen molar-refractivity contribution >= 4 is 0 Å². The van der Waals surface area contributed by atoms with E-state index in [2.05, 4.69) is 10.2 Å². The average Bonchev–Trinajstić information content (AvgIpc) is 3.19. The minimum absolute atomic E-state index is 0.756. The molecule has 2 rings (SSSR count). The first-order valence-electron chi connectivity index (χ1n) is 7.36. The second-order valence-corrected chi connectivity index (χ2v) is 5.57. The van der Waals surface area contributed by atoms with Gasteiger partial charge in [-0.2, -0.15) is 0 Å². The van der Waals surface area contributed by atoms with Crippen molar-refractivity contribution in [3.05, 3.63) is 0 Å². The molecule has 1 unspecified atom stereocenters. The number of ether oxygens (including phenoxy) is 1. The number of unbranched alkanes of at least 4 members (excludes halogenated alkanes) is 1. The fourth-order valence-electron chi connectivity index (χ4n) is 2.79. The van der Waals surface area contributed by atoms with Crippen LogP contribution in [0.3, 0.4) is 0 Å². The van der Waals surface area contributed by atoms with Crippen molar-refractivity contribution in [1.29, 1.82) is 0 Å². The van der Waals surface area contributed by atoms with Gasteiger partial charge >= 0.3 is 0 Å². The van der Waals surface area contributed by atoms with Gasteiger partial charge in [0.15, 0.2) is 0 Å². The fraction of sp³-hybridized carbons (Fsp3) is 1.00. The number of methoxy groups -OCH3 is 1. The van der Waals surface area contributed by atoms with Gasteiger partial charge in [-0.15, -0.1) is 0 Å². The Balaban J connectivity index is 1.65. The van der Waals surface area contributed by atoms with Crippen molar-refractivity contribution in [2.45, 2.75) is 57.0 Å². The Bertz CT molecular complexity index is 200. The molecule has 2 fully saturated rings. The summed E-state index contributed by atoms with van der Waals surface area (Å²) in [5, 5.41) is 3.67. The van der Waals surface area contributed by atoms with E-state index in [0.717, 1.165) is 18.7 Å². The van der Waals surface area contributed by atoms with E-state index in [1.807, 2.05) is 0 Å². The monoisotopic (exact) mass is 240 g/mol. The molecule has 0 amide bonds. The molecule has 1 aliphatic carbocycles. The second-order valence-electron chi connectivity index (χ2n) is 5.57. The van der Waals surface area contributed by atoms with Crippen molar-refractivity contribution in [3.8, 4) is 0 Å². The zero-order chi connectivity index (χ0) is 11.9. The maximum atomic E-state index is 5.12. The van der Waals surface area contributed by atoms with Crippen LogP contribution < -0.4 is 5.32 Å². The minimum Gasteiger partial charge on any atom is -0.385 e. The summed E-state index contributed by atoms with van der Waals surface area (Å²) in [4.78, 5) is 2.72. The van der Waals surface area contributed by atoms with E-state index >= 15 is 0 Å². The lowest BCUT2D eigenvalue weighted by Gasteiger charge is -2.30. The van der Waals surface area contributed by atoms with E-state index in [-0.39, 0.29) is 0 Å². The van der Waals surface area contributed by atoms with Gasteiger partial charge in [0.25, 0.3) is 0 Å². The van der Waals surface area contributed by atoms with Crippen LogP contribution in [0.15, 0.2) is 0 Å². The zero-order valence-electron chi connectivity index (χ0n) is 11.3. The fourth-order valence-corrected chi connectivity index (χ4v) is 2.79.